The van der Waals surface area contributed by atoms with E-state index < -0.39 is 5.97 Å². The molecule has 150 valence electrons. The number of carboxylic acids is 1. The molecule has 7 nitrogen and oxygen atoms in total. The molecule has 1 N–H and O–H groups in total. The van der Waals surface area contributed by atoms with Crippen molar-refractivity contribution >= 4 is 56.5 Å². The van der Waals surface area contributed by atoms with E-state index in [9.17, 15) is 9.59 Å². The van der Waals surface area contributed by atoms with Gasteiger partial charge < -0.3 is 14.6 Å². The van der Waals surface area contributed by atoms with Crippen molar-refractivity contribution in [3.8, 4) is 11.5 Å². The lowest BCUT2D eigenvalue weighted by Gasteiger charge is -2.10. The van der Waals surface area contributed by atoms with Gasteiger partial charge in [0.25, 0.3) is 5.91 Å². The predicted octanol–water partition coefficient (Wildman–Crippen LogP) is 4.40. The minimum Gasteiger partial charge on any atom is -0.496 e. The van der Waals surface area contributed by atoms with Crippen LogP contribution in [0.3, 0.4) is 0 Å². The summed E-state index contributed by atoms with van der Waals surface area (Å²) in [6.07, 6.45) is 1.74. The van der Waals surface area contributed by atoms with Crippen LogP contribution in [0.15, 0.2) is 50.8 Å². The number of methoxy groups -OCH3 is 2. The molecule has 0 bridgehead atoms. The lowest BCUT2D eigenvalue weighted by Crippen LogP contribution is -2.23. The van der Waals surface area contributed by atoms with Gasteiger partial charge in [0, 0.05) is 18.7 Å². The van der Waals surface area contributed by atoms with E-state index in [4.69, 9.17) is 14.6 Å². The number of amidine groups is 1. The minimum absolute atomic E-state index is 0.176. The number of carbonyl (C=O) groups excluding carboxylic acids is 1. The molecule has 0 aliphatic carbocycles. The number of benzene rings is 2. The lowest BCUT2D eigenvalue weighted by atomic mass is 10.1. The zero-order chi connectivity index (χ0) is 21.1. The molecule has 0 atom stereocenters. The Hall–Kier alpha value is -2.78. The van der Waals surface area contributed by atoms with E-state index in [1.807, 2.05) is 6.07 Å². The summed E-state index contributed by atoms with van der Waals surface area (Å²) in [6, 6.07) is 9.70. The summed E-state index contributed by atoms with van der Waals surface area (Å²) in [4.78, 5) is 30.0. The van der Waals surface area contributed by atoms with Crippen LogP contribution in [-0.4, -0.2) is 48.3 Å². The quantitative estimate of drug-likeness (QED) is 0.643. The first-order valence-corrected chi connectivity index (χ1v) is 9.96. The number of rotatable bonds is 5. The van der Waals surface area contributed by atoms with Crippen LogP contribution in [0.25, 0.3) is 6.08 Å². The van der Waals surface area contributed by atoms with Gasteiger partial charge in [0.2, 0.25) is 0 Å². The van der Waals surface area contributed by atoms with Crippen LogP contribution in [0.2, 0.25) is 0 Å². The van der Waals surface area contributed by atoms with Crippen LogP contribution in [0.4, 0.5) is 5.69 Å². The minimum atomic E-state index is -1.00. The third kappa shape index (κ3) is 4.46. The molecule has 0 saturated carbocycles. The Kier molecular flexibility index (Phi) is 6.29. The first-order chi connectivity index (χ1) is 13.8. The van der Waals surface area contributed by atoms with E-state index in [0.29, 0.717) is 27.3 Å². The Morgan fingerprint density at radius 3 is 2.41 bits per heavy atom. The highest BCUT2D eigenvalue weighted by atomic mass is 79.9. The van der Waals surface area contributed by atoms with Gasteiger partial charge in [-0.15, -0.1) is 0 Å². The molecule has 1 saturated heterocycles. The Balaban J connectivity index is 1.92. The summed E-state index contributed by atoms with van der Waals surface area (Å²) in [7, 11) is 4.75. The van der Waals surface area contributed by atoms with Gasteiger partial charge in [0.1, 0.15) is 11.5 Å². The highest BCUT2D eigenvalue weighted by molar-refractivity contribution is 9.10. The number of aromatic carboxylic acids is 1. The highest BCUT2D eigenvalue weighted by Gasteiger charge is 2.30. The molecule has 2 aromatic rings. The molecular weight excluding hydrogens is 460 g/mol. The smallest absolute Gasteiger partial charge is 0.335 e. The Morgan fingerprint density at radius 1 is 1.17 bits per heavy atom. The largest absolute Gasteiger partial charge is 0.496 e. The van der Waals surface area contributed by atoms with Crippen LogP contribution in [0.5, 0.6) is 11.5 Å². The first kappa shape index (κ1) is 20.9. The second kappa shape index (κ2) is 8.71. The Labute approximate surface area is 180 Å². The number of halogens is 1. The zero-order valence-corrected chi connectivity index (χ0v) is 18.2. The molecule has 1 aliphatic heterocycles. The average molecular weight is 477 g/mol. The van der Waals surface area contributed by atoms with Crippen LogP contribution < -0.4 is 9.47 Å². The van der Waals surface area contributed by atoms with Crippen molar-refractivity contribution in [2.75, 3.05) is 21.3 Å². The van der Waals surface area contributed by atoms with Crippen molar-refractivity contribution in [2.24, 2.45) is 4.99 Å². The molecule has 9 heteroatoms. The van der Waals surface area contributed by atoms with Gasteiger partial charge in [0.15, 0.2) is 5.17 Å². The van der Waals surface area contributed by atoms with Crippen molar-refractivity contribution in [2.45, 2.75) is 0 Å². The van der Waals surface area contributed by atoms with E-state index in [-0.39, 0.29) is 11.5 Å². The maximum Gasteiger partial charge on any atom is 0.335 e. The molecule has 0 spiro atoms. The molecule has 0 aromatic heterocycles. The number of carbonyl (C=O) groups is 2. The predicted molar refractivity (Wildman–Crippen MR) is 116 cm³/mol. The number of nitrogens with zero attached hydrogens (tertiary/aromatic N) is 2. The summed E-state index contributed by atoms with van der Waals surface area (Å²) in [5.74, 6) is 0.00305. The van der Waals surface area contributed by atoms with Crippen LogP contribution >= 0.6 is 27.7 Å². The molecule has 3 rings (SSSR count). The molecule has 0 radical (unpaired) electrons. The fourth-order valence-electron chi connectivity index (χ4n) is 2.58. The van der Waals surface area contributed by atoms with E-state index in [1.54, 1.807) is 45.5 Å². The van der Waals surface area contributed by atoms with Crippen LogP contribution in [0, 0.1) is 0 Å². The van der Waals surface area contributed by atoms with E-state index in [2.05, 4.69) is 20.9 Å². The third-order valence-corrected chi connectivity index (χ3v) is 5.81. The summed E-state index contributed by atoms with van der Waals surface area (Å²) in [6.45, 7) is 0. The molecule has 1 amide bonds. The fourth-order valence-corrected chi connectivity index (χ4v) is 4.08. The van der Waals surface area contributed by atoms with Crippen molar-refractivity contribution in [1.82, 2.24) is 4.90 Å². The first-order valence-electron chi connectivity index (χ1n) is 8.35. The lowest BCUT2D eigenvalue weighted by molar-refractivity contribution is -0.121. The van der Waals surface area contributed by atoms with E-state index >= 15 is 0 Å². The molecule has 0 unspecified atom stereocenters. The maximum atomic E-state index is 12.7. The van der Waals surface area contributed by atoms with Crippen molar-refractivity contribution in [1.29, 1.82) is 0 Å². The molecule has 1 fully saturated rings. The number of thioether (sulfide) groups is 1. The maximum absolute atomic E-state index is 12.7. The van der Waals surface area contributed by atoms with Gasteiger partial charge in [-0.2, -0.15) is 0 Å². The Bertz CT molecular complexity index is 1030. The second-order valence-corrected chi connectivity index (χ2v) is 7.81. The van der Waals surface area contributed by atoms with Gasteiger partial charge in [0.05, 0.1) is 34.8 Å². The molecule has 29 heavy (non-hydrogen) atoms. The number of aliphatic imine (C=N–C) groups is 1. The van der Waals surface area contributed by atoms with Gasteiger partial charge >= 0.3 is 5.97 Å². The summed E-state index contributed by atoms with van der Waals surface area (Å²) in [5, 5.41) is 9.48. The van der Waals surface area contributed by atoms with Gasteiger partial charge in [-0.1, -0.05) is 0 Å². The van der Waals surface area contributed by atoms with Gasteiger partial charge in [-0.25, -0.2) is 9.79 Å². The number of likely N-dealkylation sites (N-methyl/N-ethyl adjacent to an activating group) is 1. The molecule has 1 aliphatic rings. The molecule has 1 heterocycles. The highest BCUT2D eigenvalue weighted by Crippen LogP contribution is 2.38. The van der Waals surface area contributed by atoms with E-state index in [0.717, 1.165) is 10.0 Å². The third-order valence-electron chi connectivity index (χ3n) is 4.13. The van der Waals surface area contributed by atoms with Crippen molar-refractivity contribution in [3.63, 3.8) is 0 Å². The summed E-state index contributed by atoms with van der Waals surface area (Å²) >= 11 is 4.67. The normalized spacial score (nSPS) is 16.6. The zero-order valence-electron chi connectivity index (χ0n) is 15.8. The van der Waals surface area contributed by atoms with Crippen molar-refractivity contribution in [3.05, 3.63) is 56.9 Å². The number of ether oxygens (including phenoxy) is 2. The standard InChI is InChI=1S/C20H17BrN2O5S/c1-23-18(24)17(9-12-8-14(21)16(28-3)10-15(12)27-2)29-20(23)22-13-6-4-11(5-7-13)19(25)26/h4-10H,1-3H3,(H,25,26)/b17-9+,22-20?. The SMILES string of the molecule is COc1cc(OC)c(/C=C2/SC(=Nc3ccc(C(=O)O)cc3)N(C)C2=O)cc1Br. The fraction of sp³-hybridized carbons (Fsp3) is 0.150. The number of carboxylic acid groups (broad SMARTS) is 1. The monoisotopic (exact) mass is 476 g/mol. The molecule has 2 aromatic carbocycles. The topological polar surface area (TPSA) is 88.4 Å². The average Bonchev–Trinajstić information content (AvgIpc) is 2.96. The van der Waals surface area contributed by atoms with Gasteiger partial charge in [-0.3, -0.25) is 9.69 Å². The summed E-state index contributed by atoms with van der Waals surface area (Å²) < 4.78 is 11.4. The number of hydrogen-bond acceptors (Lipinski definition) is 6. The van der Waals surface area contributed by atoms with Crippen LogP contribution in [0.1, 0.15) is 15.9 Å². The summed E-state index contributed by atoms with van der Waals surface area (Å²) in [5.41, 5.74) is 1.45. The van der Waals surface area contributed by atoms with Gasteiger partial charge in [-0.05, 0) is 64.1 Å². The van der Waals surface area contributed by atoms with E-state index in [1.165, 1.54) is 28.8 Å². The van der Waals surface area contributed by atoms with Crippen LogP contribution in [-0.2, 0) is 4.79 Å². The van der Waals surface area contributed by atoms with Crippen molar-refractivity contribution < 1.29 is 24.2 Å². The molecular formula is C20H17BrN2O5S. The Morgan fingerprint density at radius 2 is 1.83 bits per heavy atom. The second-order valence-electron chi connectivity index (χ2n) is 5.95. The number of hydrogen-bond donors (Lipinski definition) is 1. The number of amides is 1.